The molecule has 1 amide bonds. The Hall–Kier alpha value is -2.93. The number of rotatable bonds is 6. The average molecular weight is 413 g/mol. The summed E-state index contributed by atoms with van der Waals surface area (Å²) in [7, 11) is 1.37. The molecule has 0 saturated carbocycles. The van der Waals surface area contributed by atoms with Gasteiger partial charge < -0.3 is 15.0 Å². The van der Waals surface area contributed by atoms with Crippen LogP contribution in [0, 0.1) is 5.82 Å². The lowest BCUT2D eigenvalue weighted by molar-refractivity contribution is -0.127. The summed E-state index contributed by atoms with van der Waals surface area (Å²) < 4.78 is 17.7. The van der Waals surface area contributed by atoms with E-state index >= 15 is 0 Å². The minimum absolute atomic E-state index is 0.0398. The molecule has 160 valence electrons. The van der Waals surface area contributed by atoms with Crippen LogP contribution in [0.4, 0.5) is 10.1 Å². The van der Waals surface area contributed by atoms with Crippen molar-refractivity contribution in [3.63, 3.8) is 0 Å². The van der Waals surface area contributed by atoms with Crippen LogP contribution in [0.3, 0.4) is 0 Å². The smallest absolute Gasteiger partial charge is 0.337 e. The zero-order chi connectivity index (χ0) is 21.7. The molecule has 1 aliphatic heterocycles. The van der Waals surface area contributed by atoms with Gasteiger partial charge in [0.1, 0.15) is 5.82 Å². The maximum atomic E-state index is 13.0. The number of halogens is 1. The minimum atomic E-state index is -0.347. The topological polar surface area (TPSA) is 61.9 Å². The predicted molar refractivity (Wildman–Crippen MR) is 114 cm³/mol. The van der Waals surface area contributed by atoms with E-state index in [0.29, 0.717) is 12.1 Å². The summed E-state index contributed by atoms with van der Waals surface area (Å²) in [6.45, 7) is 6.73. The lowest BCUT2D eigenvalue weighted by atomic mass is 10.1. The fourth-order valence-electron chi connectivity index (χ4n) is 3.80. The van der Waals surface area contributed by atoms with E-state index in [9.17, 15) is 14.0 Å². The molecule has 30 heavy (non-hydrogen) atoms. The van der Waals surface area contributed by atoms with Crippen molar-refractivity contribution < 1.29 is 18.7 Å². The van der Waals surface area contributed by atoms with Crippen molar-refractivity contribution in [1.82, 2.24) is 10.2 Å². The van der Waals surface area contributed by atoms with E-state index in [2.05, 4.69) is 22.0 Å². The van der Waals surface area contributed by atoms with Gasteiger partial charge >= 0.3 is 5.97 Å². The number of anilines is 1. The Morgan fingerprint density at radius 2 is 1.80 bits per heavy atom. The standard InChI is InChI=1S/C23H28FN3O3/c1-16-15-26(21-10-6-19(7-11-21)23(29)30-3)12-13-27(16)17(2)22(28)25-14-18-4-8-20(24)9-5-18/h4-11,16-17H,12-15H2,1-3H3,(H,25,28). The normalized spacial score (nSPS) is 18.0. The van der Waals surface area contributed by atoms with E-state index in [1.165, 1.54) is 19.2 Å². The van der Waals surface area contributed by atoms with Gasteiger partial charge in [-0.2, -0.15) is 0 Å². The Bertz CT molecular complexity index is 870. The highest BCUT2D eigenvalue weighted by atomic mass is 19.1. The molecule has 2 aromatic rings. The molecule has 2 aromatic carbocycles. The van der Waals surface area contributed by atoms with E-state index < -0.39 is 0 Å². The molecule has 1 aliphatic rings. The van der Waals surface area contributed by atoms with Gasteiger partial charge in [-0.15, -0.1) is 0 Å². The Labute approximate surface area is 176 Å². The number of nitrogens with zero attached hydrogens (tertiary/aromatic N) is 2. The number of methoxy groups -OCH3 is 1. The van der Waals surface area contributed by atoms with Gasteiger partial charge in [-0.05, 0) is 55.8 Å². The summed E-state index contributed by atoms with van der Waals surface area (Å²) in [5.74, 6) is -0.674. The van der Waals surface area contributed by atoms with E-state index in [1.54, 1.807) is 24.3 Å². The van der Waals surface area contributed by atoms with Gasteiger partial charge in [0.2, 0.25) is 5.91 Å². The first-order valence-electron chi connectivity index (χ1n) is 10.1. The lowest BCUT2D eigenvalue weighted by Gasteiger charge is -2.43. The van der Waals surface area contributed by atoms with Crippen molar-refractivity contribution in [3.05, 3.63) is 65.5 Å². The molecule has 3 rings (SSSR count). The Morgan fingerprint density at radius 1 is 1.13 bits per heavy atom. The van der Waals surface area contributed by atoms with Crippen molar-refractivity contribution in [1.29, 1.82) is 0 Å². The molecule has 0 aromatic heterocycles. The number of amides is 1. The molecule has 1 N–H and O–H groups in total. The van der Waals surface area contributed by atoms with Crippen LogP contribution in [0.1, 0.15) is 29.8 Å². The molecule has 7 heteroatoms. The monoisotopic (exact) mass is 413 g/mol. The summed E-state index contributed by atoms with van der Waals surface area (Å²) in [6.07, 6.45) is 0. The number of hydrogen-bond donors (Lipinski definition) is 1. The largest absolute Gasteiger partial charge is 0.465 e. The van der Waals surface area contributed by atoms with E-state index in [4.69, 9.17) is 4.74 Å². The van der Waals surface area contributed by atoms with Crippen LogP contribution in [-0.4, -0.2) is 55.6 Å². The highest BCUT2D eigenvalue weighted by Crippen LogP contribution is 2.21. The fraction of sp³-hybridized carbons (Fsp3) is 0.391. The highest BCUT2D eigenvalue weighted by molar-refractivity contribution is 5.89. The van der Waals surface area contributed by atoms with Gasteiger partial charge in [-0.3, -0.25) is 9.69 Å². The molecule has 1 heterocycles. The van der Waals surface area contributed by atoms with Crippen LogP contribution in [-0.2, 0) is 16.1 Å². The van der Waals surface area contributed by atoms with Crippen molar-refractivity contribution >= 4 is 17.6 Å². The van der Waals surface area contributed by atoms with Crippen molar-refractivity contribution in [3.8, 4) is 0 Å². The van der Waals surface area contributed by atoms with Crippen LogP contribution in [0.15, 0.2) is 48.5 Å². The van der Waals surface area contributed by atoms with Crippen molar-refractivity contribution in [2.24, 2.45) is 0 Å². The molecule has 0 aliphatic carbocycles. The van der Waals surface area contributed by atoms with Crippen LogP contribution >= 0.6 is 0 Å². The third-order valence-electron chi connectivity index (χ3n) is 5.59. The van der Waals surface area contributed by atoms with Crippen LogP contribution in [0.2, 0.25) is 0 Å². The SMILES string of the molecule is COC(=O)c1ccc(N2CCN(C(C)C(=O)NCc3ccc(F)cc3)C(C)C2)cc1. The molecule has 6 nitrogen and oxygen atoms in total. The van der Waals surface area contributed by atoms with E-state index in [0.717, 1.165) is 30.9 Å². The quantitative estimate of drug-likeness (QED) is 0.738. The molecule has 0 bridgehead atoms. The summed E-state index contributed by atoms with van der Waals surface area (Å²) in [5, 5.41) is 2.94. The highest BCUT2D eigenvalue weighted by Gasteiger charge is 2.30. The maximum absolute atomic E-state index is 13.0. The minimum Gasteiger partial charge on any atom is -0.465 e. The molecule has 1 saturated heterocycles. The second kappa shape index (κ2) is 9.71. The van der Waals surface area contributed by atoms with Crippen molar-refractivity contribution in [2.75, 3.05) is 31.6 Å². The maximum Gasteiger partial charge on any atom is 0.337 e. The first-order valence-corrected chi connectivity index (χ1v) is 10.1. The second-order valence-electron chi connectivity index (χ2n) is 7.59. The summed E-state index contributed by atoms with van der Waals surface area (Å²) in [5.41, 5.74) is 2.44. The zero-order valence-corrected chi connectivity index (χ0v) is 17.6. The Balaban J connectivity index is 1.54. The number of piperazine rings is 1. The fourth-order valence-corrected chi connectivity index (χ4v) is 3.80. The number of carbonyl (C=O) groups excluding carboxylic acids is 2. The average Bonchev–Trinajstić information content (AvgIpc) is 2.77. The molecular weight excluding hydrogens is 385 g/mol. The first-order chi connectivity index (χ1) is 14.4. The van der Waals surface area contributed by atoms with Crippen LogP contribution < -0.4 is 10.2 Å². The summed E-state index contributed by atoms with van der Waals surface area (Å²) in [4.78, 5) is 28.7. The molecule has 0 spiro atoms. The van der Waals surface area contributed by atoms with Gasteiger partial charge in [0.15, 0.2) is 0 Å². The van der Waals surface area contributed by atoms with Gasteiger partial charge in [0, 0.05) is 37.9 Å². The van der Waals surface area contributed by atoms with E-state index in [1.807, 2.05) is 19.1 Å². The zero-order valence-electron chi connectivity index (χ0n) is 17.6. The van der Waals surface area contributed by atoms with Gasteiger partial charge in [0.25, 0.3) is 0 Å². The van der Waals surface area contributed by atoms with Crippen molar-refractivity contribution in [2.45, 2.75) is 32.5 Å². The molecular formula is C23H28FN3O3. The third-order valence-corrected chi connectivity index (χ3v) is 5.59. The van der Waals surface area contributed by atoms with Crippen LogP contribution in [0.25, 0.3) is 0 Å². The van der Waals surface area contributed by atoms with Crippen LogP contribution in [0.5, 0.6) is 0 Å². The number of carbonyl (C=O) groups is 2. The van der Waals surface area contributed by atoms with E-state index in [-0.39, 0.29) is 29.8 Å². The second-order valence-corrected chi connectivity index (χ2v) is 7.59. The number of nitrogens with one attached hydrogen (secondary N) is 1. The lowest BCUT2D eigenvalue weighted by Crippen LogP contribution is -2.58. The van der Waals surface area contributed by atoms with Gasteiger partial charge in [-0.1, -0.05) is 12.1 Å². The summed E-state index contributed by atoms with van der Waals surface area (Å²) in [6, 6.07) is 13.4. The Morgan fingerprint density at radius 3 is 2.40 bits per heavy atom. The molecule has 2 atom stereocenters. The number of ether oxygens (including phenoxy) is 1. The number of hydrogen-bond acceptors (Lipinski definition) is 5. The predicted octanol–water partition coefficient (Wildman–Crippen LogP) is 2.83. The van der Waals surface area contributed by atoms with Gasteiger partial charge in [0.05, 0.1) is 18.7 Å². The van der Waals surface area contributed by atoms with Gasteiger partial charge in [-0.25, -0.2) is 9.18 Å². The Kier molecular flexibility index (Phi) is 7.05. The molecule has 2 unspecified atom stereocenters. The third kappa shape index (κ3) is 5.16. The first kappa shape index (κ1) is 21.8. The number of esters is 1. The number of benzene rings is 2. The molecule has 1 fully saturated rings. The summed E-state index contributed by atoms with van der Waals surface area (Å²) >= 11 is 0. The molecule has 0 radical (unpaired) electrons.